The maximum absolute atomic E-state index is 14.4. The highest BCUT2D eigenvalue weighted by atomic mass is 16.5. The molecule has 2 aliphatic rings. The van der Waals surface area contributed by atoms with Gasteiger partial charge in [0, 0.05) is 5.69 Å². The standard InChI is InChI=1S/C33H26N2O3/c1-21-13-17-23(18-14-21)28-30-31(35(33(28)37)26-11-7-8-12-27(26)38-3)29(24-19-15-22(2)16-20-24)32(36)34(30)25-9-5-4-6-10-25/h4-20H,1-3H3. The molecule has 0 atom stereocenters. The fourth-order valence-electron chi connectivity index (χ4n) is 5.13. The zero-order valence-corrected chi connectivity index (χ0v) is 21.4. The van der Waals surface area contributed by atoms with E-state index in [1.54, 1.807) is 16.9 Å². The summed E-state index contributed by atoms with van der Waals surface area (Å²) in [5, 5.41) is 0. The third-order valence-electron chi connectivity index (χ3n) is 7.00. The number of ether oxygens (including phenoxy) is 1. The van der Waals surface area contributed by atoms with E-state index in [1.165, 1.54) is 0 Å². The largest absolute Gasteiger partial charge is 0.495 e. The van der Waals surface area contributed by atoms with Crippen molar-refractivity contribution in [1.82, 2.24) is 0 Å². The van der Waals surface area contributed by atoms with Crippen molar-refractivity contribution in [3.8, 4) is 5.75 Å². The third-order valence-corrected chi connectivity index (χ3v) is 7.00. The van der Waals surface area contributed by atoms with Gasteiger partial charge in [-0.05, 0) is 49.2 Å². The molecule has 0 N–H and O–H groups in total. The number of para-hydroxylation sites is 3. The maximum atomic E-state index is 14.4. The lowest BCUT2D eigenvalue weighted by atomic mass is 10.0. The molecule has 0 radical (unpaired) electrons. The lowest BCUT2D eigenvalue weighted by Gasteiger charge is -2.22. The number of hydrogen-bond donors (Lipinski definition) is 0. The van der Waals surface area contributed by atoms with E-state index in [1.807, 2.05) is 117 Å². The van der Waals surface area contributed by atoms with E-state index in [0.717, 1.165) is 22.3 Å². The zero-order valence-electron chi connectivity index (χ0n) is 21.4. The van der Waals surface area contributed by atoms with Crippen LogP contribution in [-0.2, 0) is 9.59 Å². The molecule has 0 fully saturated rings. The fourth-order valence-corrected chi connectivity index (χ4v) is 5.13. The lowest BCUT2D eigenvalue weighted by Crippen LogP contribution is -2.27. The Kier molecular flexibility index (Phi) is 5.69. The fraction of sp³-hybridized carbons (Fsp3) is 0.0909. The average Bonchev–Trinajstić information content (AvgIpc) is 3.39. The van der Waals surface area contributed by atoms with Crippen LogP contribution < -0.4 is 14.5 Å². The van der Waals surface area contributed by atoms with Gasteiger partial charge in [0.25, 0.3) is 11.8 Å². The first-order chi connectivity index (χ1) is 18.5. The van der Waals surface area contributed by atoms with Crippen molar-refractivity contribution in [3.63, 3.8) is 0 Å². The third kappa shape index (κ3) is 3.63. The molecule has 5 nitrogen and oxygen atoms in total. The SMILES string of the molecule is COc1ccccc1N1C(=O)C(c2ccc(C)cc2)=C2C1=C(c1ccc(C)cc1)C(=O)N2c1ccccc1. The monoisotopic (exact) mass is 498 g/mol. The van der Waals surface area contributed by atoms with Crippen LogP contribution in [0.2, 0.25) is 0 Å². The van der Waals surface area contributed by atoms with Gasteiger partial charge in [-0.3, -0.25) is 19.4 Å². The second-order valence-electron chi connectivity index (χ2n) is 9.47. The number of carbonyl (C=O) groups excluding carboxylic acids is 2. The molecule has 0 saturated carbocycles. The molecule has 38 heavy (non-hydrogen) atoms. The summed E-state index contributed by atoms with van der Waals surface area (Å²) in [6, 6.07) is 32.6. The number of aryl methyl sites for hydroxylation is 2. The molecule has 186 valence electrons. The van der Waals surface area contributed by atoms with Crippen LogP contribution in [0, 0.1) is 13.8 Å². The topological polar surface area (TPSA) is 49.9 Å². The first-order valence-corrected chi connectivity index (χ1v) is 12.5. The van der Waals surface area contributed by atoms with Crippen LogP contribution in [-0.4, -0.2) is 18.9 Å². The summed E-state index contributed by atoms with van der Waals surface area (Å²) in [7, 11) is 1.58. The Bertz CT molecular complexity index is 1630. The normalized spacial score (nSPS) is 15.0. The van der Waals surface area contributed by atoms with Crippen LogP contribution in [0.25, 0.3) is 11.1 Å². The second kappa shape index (κ2) is 9.20. The predicted octanol–water partition coefficient (Wildman–Crippen LogP) is 6.53. The number of hydrogen-bond acceptors (Lipinski definition) is 3. The molecule has 4 aromatic rings. The molecule has 0 aromatic heterocycles. The number of nitrogens with zero attached hydrogens (tertiary/aromatic N) is 2. The van der Waals surface area contributed by atoms with Gasteiger partial charge in [0.2, 0.25) is 0 Å². The van der Waals surface area contributed by atoms with Crippen molar-refractivity contribution in [1.29, 1.82) is 0 Å². The summed E-state index contributed by atoms with van der Waals surface area (Å²) >= 11 is 0. The highest BCUT2D eigenvalue weighted by Gasteiger charge is 2.50. The molecular formula is C33H26N2O3. The van der Waals surface area contributed by atoms with Gasteiger partial charge in [-0.25, -0.2) is 0 Å². The minimum absolute atomic E-state index is 0.179. The molecule has 0 spiro atoms. The van der Waals surface area contributed by atoms with Gasteiger partial charge in [-0.2, -0.15) is 0 Å². The van der Waals surface area contributed by atoms with Crippen LogP contribution in [0.5, 0.6) is 5.75 Å². The van der Waals surface area contributed by atoms with Gasteiger partial charge in [-0.1, -0.05) is 90.0 Å². The van der Waals surface area contributed by atoms with E-state index < -0.39 is 0 Å². The average molecular weight is 499 g/mol. The van der Waals surface area contributed by atoms with Crippen LogP contribution in [0.1, 0.15) is 22.3 Å². The van der Waals surface area contributed by atoms with Crippen molar-refractivity contribution in [2.75, 3.05) is 16.9 Å². The number of methoxy groups -OCH3 is 1. The number of rotatable bonds is 5. The Labute approximate surface area is 221 Å². The van der Waals surface area contributed by atoms with Gasteiger partial charge < -0.3 is 4.74 Å². The van der Waals surface area contributed by atoms with Crippen molar-refractivity contribution in [2.45, 2.75) is 13.8 Å². The molecule has 2 amide bonds. The van der Waals surface area contributed by atoms with Gasteiger partial charge in [0.1, 0.15) is 5.75 Å². The molecule has 4 aromatic carbocycles. The van der Waals surface area contributed by atoms with Gasteiger partial charge in [0.15, 0.2) is 0 Å². The Balaban J connectivity index is 1.71. The zero-order chi connectivity index (χ0) is 26.4. The Morgan fingerprint density at radius 1 is 0.553 bits per heavy atom. The van der Waals surface area contributed by atoms with Crippen molar-refractivity contribution >= 4 is 34.3 Å². The molecule has 5 heteroatoms. The van der Waals surface area contributed by atoms with Crippen LogP contribution in [0.4, 0.5) is 11.4 Å². The Morgan fingerprint density at radius 3 is 1.58 bits per heavy atom. The summed E-state index contributed by atoms with van der Waals surface area (Å²) < 4.78 is 5.67. The molecule has 2 aliphatic heterocycles. The predicted molar refractivity (Wildman–Crippen MR) is 151 cm³/mol. The van der Waals surface area contributed by atoms with Crippen LogP contribution >= 0.6 is 0 Å². The van der Waals surface area contributed by atoms with Crippen molar-refractivity contribution < 1.29 is 14.3 Å². The summed E-state index contributed by atoms with van der Waals surface area (Å²) in [6.07, 6.45) is 0. The number of fused-ring (bicyclic) bond motifs is 1. The van der Waals surface area contributed by atoms with E-state index in [9.17, 15) is 9.59 Å². The summed E-state index contributed by atoms with van der Waals surface area (Å²) in [4.78, 5) is 32.1. The lowest BCUT2D eigenvalue weighted by molar-refractivity contribution is -0.112. The molecule has 0 unspecified atom stereocenters. The number of anilines is 2. The van der Waals surface area contributed by atoms with E-state index in [-0.39, 0.29) is 11.8 Å². The van der Waals surface area contributed by atoms with Gasteiger partial charge >= 0.3 is 0 Å². The summed E-state index contributed by atoms with van der Waals surface area (Å²) in [5.41, 5.74) is 7.07. The summed E-state index contributed by atoms with van der Waals surface area (Å²) in [6.45, 7) is 4.02. The number of benzene rings is 4. The molecule has 2 heterocycles. The van der Waals surface area contributed by atoms with E-state index >= 15 is 0 Å². The van der Waals surface area contributed by atoms with E-state index in [2.05, 4.69) is 0 Å². The first-order valence-electron chi connectivity index (χ1n) is 12.5. The Hall–Kier alpha value is -4.90. The first kappa shape index (κ1) is 23.5. The van der Waals surface area contributed by atoms with Gasteiger partial charge in [-0.15, -0.1) is 0 Å². The Morgan fingerprint density at radius 2 is 1.03 bits per heavy atom. The van der Waals surface area contributed by atoms with Crippen molar-refractivity contribution in [3.05, 3.63) is 137 Å². The minimum atomic E-state index is -0.207. The second-order valence-corrected chi connectivity index (χ2v) is 9.47. The van der Waals surface area contributed by atoms with E-state index in [4.69, 9.17) is 4.74 Å². The smallest absolute Gasteiger partial charge is 0.265 e. The molecule has 0 aliphatic carbocycles. The summed E-state index contributed by atoms with van der Waals surface area (Å²) in [5.74, 6) is 0.162. The molecular weight excluding hydrogens is 472 g/mol. The highest BCUT2D eigenvalue weighted by Crippen LogP contribution is 2.51. The minimum Gasteiger partial charge on any atom is -0.495 e. The highest BCUT2D eigenvalue weighted by molar-refractivity contribution is 6.43. The number of carbonyl (C=O) groups is 2. The van der Waals surface area contributed by atoms with Crippen LogP contribution in [0.3, 0.4) is 0 Å². The molecule has 6 rings (SSSR count). The molecule has 0 bridgehead atoms. The van der Waals surface area contributed by atoms with Crippen molar-refractivity contribution in [2.24, 2.45) is 0 Å². The van der Waals surface area contributed by atoms with Crippen LogP contribution in [0.15, 0.2) is 115 Å². The molecule has 0 saturated heterocycles. The maximum Gasteiger partial charge on any atom is 0.265 e. The number of amides is 2. The van der Waals surface area contributed by atoms with E-state index in [0.29, 0.717) is 39.7 Å². The van der Waals surface area contributed by atoms with Gasteiger partial charge in [0.05, 0.1) is 35.3 Å². The quantitative estimate of drug-likeness (QED) is 0.314.